The minimum absolute atomic E-state index is 0.0353. The summed E-state index contributed by atoms with van der Waals surface area (Å²) in [7, 11) is 0. The summed E-state index contributed by atoms with van der Waals surface area (Å²) in [6.07, 6.45) is 1.51. The van der Waals surface area contributed by atoms with Gasteiger partial charge in [-0.15, -0.1) is 0 Å². The average Bonchev–Trinajstić information content (AvgIpc) is 1.92. The van der Waals surface area contributed by atoms with E-state index in [-0.39, 0.29) is 5.41 Å². The number of hydrogen-bond donors (Lipinski definition) is 1. The van der Waals surface area contributed by atoms with Gasteiger partial charge in [-0.25, -0.2) is 9.97 Å². The Balaban J connectivity index is 3.26. The molecule has 12 heavy (non-hydrogen) atoms. The van der Waals surface area contributed by atoms with E-state index in [9.17, 15) is 0 Å². The zero-order chi connectivity index (χ0) is 9.35. The van der Waals surface area contributed by atoms with Crippen molar-refractivity contribution in [2.75, 3.05) is 5.73 Å². The lowest BCUT2D eigenvalue weighted by Crippen LogP contribution is -2.17. The van der Waals surface area contributed by atoms with Gasteiger partial charge in [-0.1, -0.05) is 20.8 Å². The summed E-state index contributed by atoms with van der Waals surface area (Å²) < 4.78 is 0.961. The van der Waals surface area contributed by atoms with E-state index in [1.807, 2.05) is 0 Å². The van der Waals surface area contributed by atoms with Gasteiger partial charge >= 0.3 is 0 Å². The third-order valence-electron chi connectivity index (χ3n) is 1.53. The Morgan fingerprint density at radius 3 is 2.33 bits per heavy atom. The van der Waals surface area contributed by atoms with E-state index in [0.717, 1.165) is 9.26 Å². The van der Waals surface area contributed by atoms with Crippen LogP contribution in [0.1, 0.15) is 26.5 Å². The molecular formula is C8H12IN3. The van der Waals surface area contributed by atoms with Gasteiger partial charge in [0.15, 0.2) is 0 Å². The molecule has 0 amide bonds. The largest absolute Gasteiger partial charge is 0.383 e. The molecule has 0 aliphatic heterocycles. The molecule has 4 heteroatoms. The Hall–Kier alpha value is -0.390. The second kappa shape index (κ2) is 3.16. The second-order valence-corrected chi connectivity index (χ2v) is 4.75. The Labute approximate surface area is 85.9 Å². The number of nitrogens with two attached hydrogens (primary N) is 1. The number of rotatable bonds is 0. The SMILES string of the molecule is CC(C)(C)c1ncnc(N)c1I. The second-order valence-electron chi connectivity index (χ2n) is 3.67. The van der Waals surface area contributed by atoms with Crippen LogP contribution >= 0.6 is 22.6 Å². The summed E-state index contributed by atoms with van der Waals surface area (Å²) >= 11 is 2.18. The van der Waals surface area contributed by atoms with Crippen molar-refractivity contribution in [3.63, 3.8) is 0 Å². The van der Waals surface area contributed by atoms with E-state index in [4.69, 9.17) is 5.73 Å². The van der Waals surface area contributed by atoms with E-state index in [1.54, 1.807) is 0 Å². The fourth-order valence-electron chi connectivity index (χ4n) is 0.906. The molecule has 1 heterocycles. The molecule has 3 nitrogen and oxygen atoms in total. The number of hydrogen-bond acceptors (Lipinski definition) is 3. The maximum Gasteiger partial charge on any atom is 0.140 e. The van der Waals surface area contributed by atoms with Crippen LogP contribution in [0, 0.1) is 3.57 Å². The highest BCUT2D eigenvalue weighted by Gasteiger charge is 2.20. The van der Waals surface area contributed by atoms with Crippen LogP contribution in [0.2, 0.25) is 0 Å². The predicted molar refractivity (Wildman–Crippen MR) is 57.9 cm³/mol. The number of halogens is 1. The van der Waals surface area contributed by atoms with E-state index >= 15 is 0 Å². The molecule has 0 unspecified atom stereocenters. The molecule has 0 fully saturated rings. The van der Waals surface area contributed by atoms with Gasteiger partial charge in [-0.3, -0.25) is 0 Å². The van der Waals surface area contributed by atoms with E-state index < -0.39 is 0 Å². The van der Waals surface area contributed by atoms with E-state index in [2.05, 4.69) is 53.3 Å². The summed E-state index contributed by atoms with van der Waals surface area (Å²) in [6, 6.07) is 0. The van der Waals surface area contributed by atoms with Crippen LogP contribution in [0.3, 0.4) is 0 Å². The number of nitrogen functional groups attached to an aromatic ring is 1. The smallest absolute Gasteiger partial charge is 0.140 e. The van der Waals surface area contributed by atoms with Crippen molar-refractivity contribution < 1.29 is 0 Å². The number of aromatic nitrogens is 2. The van der Waals surface area contributed by atoms with Crippen LogP contribution in [0.5, 0.6) is 0 Å². The Morgan fingerprint density at radius 2 is 1.92 bits per heavy atom. The van der Waals surface area contributed by atoms with Crippen molar-refractivity contribution in [1.82, 2.24) is 9.97 Å². The fourth-order valence-corrected chi connectivity index (χ4v) is 1.99. The Bertz CT molecular complexity index is 291. The van der Waals surface area contributed by atoms with Crippen molar-refractivity contribution in [2.45, 2.75) is 26.2 Å². The lowest BCUT2D eigenvalue weighted by molar-refractivity contribution is 0.563. The summed E-state index contributed by atoms with van der Waals surface area (Å²) in [5.41, 5.74) is 6.70. The first kappa shape index (κ1) is 9.70. The van der Waals surface area contributed by atoms with Gasteiger partial charge in [0, 0.05) is 5.41 Å². The van der Waals surface area contributed by atoms with Crippen LogP contribution in [0.4, 0.5) is 5.82 Å². The first-order chi connectivity index (χ1) is 5.43. The van der Waals surface area contributed by atoms with Gasteiger partial charge in [0.2, 0.25) is 0 Å². The monoisotopic (exact) mass is 277 g/mol. The molecule has 1 aromatic heterocycles. The molecule has 66 valence electrons. The minimum atomic E-state index is 0.0353. The van der Waals surface area contributed by atoms with Gasteiger partial charge in [0.1, 0.15) is 12.1 Å². The number of anilines is 1. The summed E-state index contributed by atoms with van der Waals surface area (Å²) in [5.74, 6) is 0.565. The molecule has 0 aromatic carbocycles. The predicted octanol–water partition coefficient (Wildman–Crippen LogP) is 1.96. The maximum atomic E-state index is 5.66. The highest BCUT2D eigenvalue weighted by molar-refractivity contribution is 14.1. The van der Waals surface area contributed by atoms with E-state index in [0.29, 0.717) is 5.82 Å². The highest BCUT2D eigenvalue weighted by atomic mass is 127. The van der Waals surface area contributed by atoms with Gasteiger partial charge in [-0.05, 0) is 22.6 Å². The van der Waals surface area contributed by atoms with Crippen LogP contribution < -0.4 is 5.73 Å². The van der Waals surface area contributed by atoms with Crippen molar-refractivity contribution in [3.8, 4) is 0 Å². The lowest BCUT2D eigenvalue weighted by Gasteiger charge is -2.19. The van der Waals surface area contributed by atoms with E-state index in [1.165, 1.54) is 6.33 Å². The number of nitrogens with zero attached hydrogens (tertiary/aromatic N) is 2. The summed E-state index contributed by atoms with van der Waals surface area (Å²) in [6.45, 7) is 6.32. The van der Waals surface area contributed by atoms with Crippen LogP contribution in [-0.2, 0) is 5.41 Å². The zero-order valence-electron chi connectivity index (χ0n) is 7.43. The molecule has 0 saturated carbocycles. The average molecular weight is 277 g/mol. The van der Waals surface area contributed by atoms with Gasteiger partial charge in [0.05, 0.1) is 9.26 Å². The molecule has 0 aliphatic carbocycles. The van der Waals surface area contributed by atoms with Crippen LogP contribution in [0.25, 0.3) is 0 Å². The molecule has 1 rings (SSSR count). The van der Waals surface area contributed by atoms with Crippen LogP contribution in [0.15, 0.2) is 6.33 Å². The Morgan fingerprint density at radius 1 is 1.33 bits per heavy atom. The van der Waals surface area contributed by atoms with Crippen LogP contribution in [-0.4, -0.2) is 9.97 Å². The lowest BCUT2D eigenvalue weighted by atomic mass is 9.92. The molecule has 0 saturated heterocycles. The van der Waals surface area contributed by atoms with Crippen molar-refractivity contribution >= 4 is 28.4 Å². The van der Waals surface area contributed by atoms with Crippen molar-refractivity contribution in [2.24, 2.45) is 0 Å². The zero-order valence-corrected chi connectivity index (χ0v) is 9.58. The topological polar surface area (TPSA) is 51.8 Å². The Kier molecular flexibility index (Phi) is 2.55. The van der Waals surface area contributed by atoms with Crippen molar-refractivity contribution in [3.05, 3.63) is 15.6 Å². The molecular weight excluding hydrogens is 265 g/mol. The van der Waals surface area contributed by atoms with Gasteiger partial charge in [0.25, 0.3) is 0 Å². The third-order valence-corrected chi connectivity index (χ3v) is 2.59. The van der Waals surface area contributed by atoms with Crippen molar-refractivity contribution in [1.29, 1.82) is 0 Å². The quantitative estimate of drug-likeness (QED) is 0.737. The van der Waals surface area contributed by atoms with Gasteiger partial charge in [-0.2, -0.15) is 0 Å². The normalized spacial score (nSPS) is 11.7. The molecule has 0 bridgehead atoms. The highest BCUT2D eigenvalue weighted by Crippen LogP contribution is 2.26. The van der Waals surface area contributed by atoms with Gasteiger partial charge < -0.3 is 5.73 Å². The molecule has 0 radical (unpaired) electrons. The maximum absolute atomic E-state index is 5.66. The standard InChI is InChI=1S/C8H12IN3/c1-8(2,3)6-5(9)7(10)12-4-11-6/h4H,1-3H3,(H2,10,11,12). The minimum Gasteiger partial charge on any atom is -0.383 e. The fraction of sp³-hybridized carbons (Fsp3) is 0.500. The first-order valence-corrected chi connectivity index (χ1v) is 4.77. The molecule has 2 N–H and O–H groups in total. The molecule has 0 aliphatic rings. The molecule has 0 atom stereocenters. The summed E-state index contributed by atoms with van der Waals surface area (Å²) in [5, 5.41) is 0. The molecule has 1 aromatic rings. The first-order valence-electron chi connectivity index (χ1n) is 3.69. The molecule has 0 spiro atoms. The third kappa shape index (κ3) is 1.85. The summed E-state index contributed by atoms with van der Waals surface area (Å²) in [4.78, 5) is 8.12.